The molecule has 0 aromatic heterocycles. The third-order valence-electron chi connectivity index (χ3n) is 3.41. The van der Waals surface area contributed by atoms with E-state index in [9.17, 15) is 9.59 Å². The van der Waals surface area contributed by atoms with Gasteiger partial charge in [0.1, 0.15) is 0 Å². The number of amides is 1. The van der Waals surface area contributed by atoms with E-state index in [1.165, 1.54) is 6.07 Å². The van der Waals surface area contributed by atoms with Gasteiger partial charge in [-0.25, -0.2) is 0 Å². The van der Waals surface area contributed by atoms with Crippen LogP contribution < -0.4 is 0 Å². The highest BCUT2D eigenvalue weighted by atomic mass is 35.5. The second-order valence-corrected chi connectivity index (χ2v) is 5.16. The molecule has 103 valence electrons. The van der Waals surface area contributed by atoms with E-state index in [-0.39, 0.29) is 17.5 Å². The Balaban J connectivity index is 2.17. The average molecular weight is 291 g/mol. The van der Waals surface area contributed by atoms with Gasteiger partial charge in [0.25, 0.3) is 5.91 Å². The predicted molar refractivity (Wildman–Crippen MR) is 73.9 cm³/mol. The molecule has 1 amide bonds. The lowest BCUT2D eigenvalue weighted by molar-refractivity contribution is -0.143. The Morgan fingerprint density at radius 3 is 2.80 bits per heavy atom. The molecule has 4 nitrogen and oxygen atoms in total. The van der Waals surface area contributed by atoms with Crippen molar-refractivity contribution >= 4 is 23.5 Å². The zero-order valence-corrected chi connectivity index (χ0v) is 11.5. The maximum atomic E-state index is 12.3. The number of carboxylic acid groups (broad SMARTS) is 1. The fraction of sp³-hybridized carbons (Fsp3) is 0.333. The van der Waals surface area contributed by atoms with Crippen LogP contribution in [0.5, 0.6) is 0 Å². The lowest BCUT2D eigenvalue weighted by Gasteiger charge is -2.30. The van der Waals surface area contributed by atoms with Crippen LogP contribution in [0.15, 0.2) is 18.2 Å². The Morgan fingerprint density at radius 2 is 2.20 bits per heavy atom. The number of carbonyl (C=O) groups is 2. The minimum absolute atomic E-state index is 0.226. The molecule has 1 aromatic rings. The van der Waals surface area contributed by atoms with E-state index in [0.717, 1.165) is 0 Å². The second kappa shape index (κ2) is 5.98. The van der Waals surface area contributed by atoms with Gasteiger partial charge in [-0.1, -0.05) is 17.5 Å². The van der Waals surface area contributed by atoms with Crippen LogP contribution in [0.1, 0.15) is 28.8 Å². The molecule has 1 atom stereocenters. The van der Waals surface area contributed by atoms with Gasteiger partial charge in [-0.05, 0) is 37.5 Å². The number of halogens is 1. The number of carboxylic acids is 1. The highest BCUT2D eigenvalue weighted by Gasteiger charge is 2.28. The molecule has 0 aliphatic carbocycles. The molecule has 0 spiro atoms. The molecule has 20 heavy (non-hydrogen) atoms. The lowest BCUT2D eigenvalue weighted by Crippen LogP contribution is -2.42. The van der Waals surface area contributed by atoms with Gasteiger partial charge in [0.05, 0.1) is 10.9 Å². The molecule has 1 unspecified atom stereocenters. The van der Waals surface area contributed by atoms with Crippen LogP contribution in [-0.4, -0.2) is 35.0 Å². The van der Waals surface area contributed by atoms with E-state index >= 15 is 0 Å². The molecule has 1 aliphatic heterocycles. The van der Waals surface area contributed by atoms with Crippen molar-refractivity contribution in [1.29, 1.82) is 0 Å². The quantitative estimate of drug-likeness (QED) is 0.850. The number of benzene rings is 1. The zero-order valence-electron chi connectivity index (χ0n) is 10.7. The first-order valence-electron chi connectivity index (χ1n) is 6.27. The van der Waals surface area contributed by atoms with Crippen molar-refractivity contribution in [2.24, 2.45) is 5.92 Å². The summed E-state index contributed by atoms with van der Waals surface area (Å²) in [6.07, 6.45) is 8.32. The van der Waals surface area contributed by atoms with E-state index in [1.807, 2.05) is 0 Å². The first-order valence-corrected chi connectivity index (χ1v) is 6.65. The molecule has 1 heterocycles. The number of hydrogen-bond donors (Lipinski definition) is 1. The van der Waals surface area contributed by atoms with Gasteiger partial charge >= 0.3 is 5.97 Å². The van der Waals surface area contributed by atoms with Crippen molar-refractivity contribution in [1.82, 2.24) is 4.90 Å². The molecular weight excluding hydrogens is 278 g/mol. The average Bonchev–Trinajstić information content (AvgIpc) is 2.46. The number of nitrogens with zero attached hydrogens (tertiary/aromatic N) is 1. The van der Waals surface area contributed by atoms with Crippen molar-refractivity contribution in [2.45, 2.75) is 12.8 Å². The molecule has 5 heteroatoms. The maximum Gasteiger partial charge on any atom is 0.308 e. The number of likely N-dealkylation sites (tertiary alicyclic amines) is 1. The Morgan fingerprint density at radius 1 is 1.45 bits per heavy atom. The molecule has 1 aliphatic rings. The summed E-state index contributed by atoms with van der Waals surface area (Å²) in [7, 11) is 0. The molecule has 1 aromatic carbocycles. The van der Waals surface area contributed by atoms with Gasteiger partial charge in [-0.15, -0.1) is 0 Å². The molecular formula is C15H13ClNO3. The topological polar surface area (TPSA) is 57.6 Å². The molecule has 1 saturated heterocycles. The van der Waals surface area contributed by atoms with Crippen LogP contribution >= 0.6 is 11.6 Å². The van der Waals surface area contributed by atoms with Crippen molar-refractivity contribution in [3.8, 4) is 5.92 Å². The van der Waals surface area contributed by atoms with Crippen molar-refractivity contribution < 1.29 is 14.7 Å². The van der Waals surface area contributed by atoms with Crippen molar-refractivity contribution in [2.75, 3.05) is 13.1 Å². The SMILES string of the molecule is [C]#Cc1ccc(C(=O)N2CCCC(C(=O)O)C2)cc1Cl. The summed E-state index contributed by atoms with van der Waals surface area (Å²) in [6.45, 7) is 0.781. The molecule has 1 N–H and O–H groups in total. The highest BCUT2D eigenvalue weighted by Crippen LogP contribution is 2.22. The van der Waals surface area contributed by atoms with Gasteiger partial charge in [-0.2, -0.15) is 0 Å². The van der Waals surface area contributed by atoms with Crippen LogP contribution in [0.3, 0.4) is 0 Å². The maximum absolute atomic E-state index is 12.3. The summed E-state index contributed by atoms with van der Waals surface area (Å²) in [4.78, 5) is 24.9. The fourth-order valence-electron chi connectivity index (χ4n) is 2.30. The minimum atomic E-state index is -0.866. The van der Waals surface area contributed by atoms with Gasteiger partial charge in [0, 0.05) is 24.2 Å². The van der Waals surface area contributed by atoms with Crippen LogP contribution in [0.4, 0.5) is 0 Å². The van der Waals surface area contributed by atoms with Crippen LogP contribution in [0.25, 0.3) is 0 Å². The Kier molecular flexibility index (Phi) is 4.31. The van der Waals surface area contributed by atoms with Crippen molar-refractivity contribution in [3.63, 3.8) is 0 Å². The lowest BCUT2D eigenvalue weighted by atomic mass is 9.97. The summed E-state index contributed by atoms with van der Waals surface area (Å²) in [5, 5.41) is 9.32. The molecule has 0 saturated carbocycles. The molecule has 2 rings (SSSR count). The Labute approximate surface area is 122 Å². The summed E-state index contributed by atoms with van der Waals surface area (Å²) in [6, 6.07) is 4.63. The van der Waals surface area contributed by atoms with Crippen LogP contribution in [0.2, 0.25) is 5.02 Å². The first kappa shape index (κ1) is 14.4. The monoisotopic (exact) mass is 290 g/mol. The number of hydrogen-bond acceptors (Lipinski definition) is 2. The second-order valence-electron chi connectivity index (χ2n) is 4.75. The largest absolute Gasteiger partial charge is 0.481 e. The molecule has 1 fully saturated rings. The fourth-order valence-corrected chi connectivity index (χ4v) is 2.52. The van der Waals surface area contributed by atoms with Gasteiger partial charge in [0.15, 0.2) is 0 Å². The minimum Gasteiger partial charge on any atom is -0.481 e. The Hall–Kier alpha value is -1.99. The number of rotatable bonds is 2. The van der Waals surface area contributed by atoms with E-state index in [2.05, 4.69) is 5.92 Å². The van der Waals surface area contributed by atoms with Gasteiger partial charge in [-0.3, -0.25) is 9.59 Å². The van der Waals surface area contributed by atoms with Crippen molar-refractivity contribution in [3.05, 3.63) is 40.8 Å². The summed E-state index contributed by atoms with van der Waals surface area (Å²) < 4.78 is 0. The van der Waals surface area contributed by atoms with Crippen LogP contribution in [0, 0.1) is 18.3 Å². The molecule has 0 bridgehead atoms. The van der Waals surface area contributed by atoms with E-state index in [1.54, 1.807) is 17.0 Å². The normalized spacial score (nSPS) is 18.4. The predicted octanol–water partition coefficient (Wildman–Crippen LogP) is 2.21. The summed E-state index contributed by atoms with van der Waals surface area (Å²) >= 11 is 5.94. The van der Waals surface area contributed by atoms with Crippen LogP contribution in [-0.2, 0) is 4.79 Å². The number of aliphatic carboxylic acids is 1. The Bertz CT molecular complexity index is 591. The third-order valence-corrected chi connectivity index (χ3v) is 3.72. The zero-order chi connectivity index (χ0) is 14.7. The summed E-state index contributed by atoms with van der Waals surface area (Å²) in [5.74, 6) is 0.582. The third kappa shape index (κ3) is 2.94. The number of carbonyl (C=O) groups excluding carboxylic acids is 1. The van der Waals surface area contributed by atoms with E-state index in [0.29, 0.717) is 30.5 Å². The highest BCUT2D eigenvalue weighted by molar-refractivity contribution is 6.32. The van der Waals surface area contributed by atoms with E-state index < -0.39 is 11.9 Å². The first-order chi connectivity index (χ1) is 9.52. The van der Waals surface area contributed by atoms with Gasteiger partial charge < -0.3 is 10.0 Å². The number of piperidine rings is 1. The smallest absolute Gasteiger partial charge is 0.308 e. The molecule has 1 radical (unpaired) electrons. The van der Waals surface area contributed by atoms with E-state index in [4.69, 9.17) is 23.1 Å². The van der Waals surface area contributed by atoms with Gasteiger partial charge in [0.2, 0.25) is 0 Å². The standard InChI is InChI=1S/C15H13ClNO3/c1-2-10-5-6-11(8-13(10)16)14(18)17-7-3-4-12(9-17)15(19)20/h5-6,8,12H,3-4,7,9H2,(H,19,20). The summed E-state index contributed by atoms with van der Waals surface area (Å²) in [5.41, 5.74) is 0.824.